The minimum Gasteiger partial charge on any atom is -0.484 e. The summed E-state index contributed by atoms with van der Waals surface area (Å²) in [7, 11) is 0. The van der Waals surface area contributed by atoms with Gasteiger partial charge in [-0.2, -0.15) is 0 Å². The van der Waals surface area contributed by atoms with Gasteiger partial charge in [0.1, 0.15) is 5.75 Å². The van der Waals surface area contributed by atoms with Gasteiger partial charge in [-0.1, -0.05) is 12.1 Å². The smallest absolute Gasteiger partial charge is 0.262 e. The second-order valence-corrected chi connectivity index (χ2v) is 5.37. The van der Waals surface area contributed by atoms with Crippen molar-refractivity contribution < 1.29 is 19.9 Å². The second-order valence-electron chi connectivity index (χ2n) is 5.37. The summed E-state index contributed by atoms with van der Waals surface area (Å²) in [6.45, 7) is 5.66. The van der Waals surface area contributed by atoms with Gasteiger partial charge in [-0.15, -0.1) is 5.23 Å². The molecule has 2 aromatic carbocycles. The summed E-state index contributed by atoms with van der Waals surface area (Å²) in [5, 5.41) is 20.7. The molecule has 0 heterocycles. The zero-order valence-corrected chi connectivity index (χ0v) is 13.3. The molecule has 23 heavy (non-hydrogen) atoms. The van der Waals surface area contributed by atoms with Gasteiger partial charge in [0.25, 0.3) is 5.91 Å². The van der Waals surface area contributed by atoms with E-state index in [4.69, 9.17) is 15.2 Å². The van der Waals surface area contributed by atoms with Gasteiger partial charge in [0, 0.05) is 5.69 Å². The molecular weight excluding hydrogens is 296 g/mol. The third kappa shape index (κ3) is 4.45. The Morgan fingerprint density at radius 1 is 1.04 bits per heavy atom. The van der Waals surface area contributed by atoms with Gasteiger partial charge in [-0.3, -0.25) is 15.2 Å². The van der Waals surface area contributed by atoms with Gasteiger partial charge in [0.15, 0.2) is 6.61 Å². The van der Waals surface area contributed by atoms with Crippen molar-refractivity contribution in [1.29, 1.82) is 0 Å². The van der Waals surface area contributed by atoms with Crippen molar-refractivity contribution >= 4 is 17.3 Å². The molecular formula is C17H20N2O4. The van der Waals surface area contributed by atoms with Gasteiger partial charge in [-0.25, -0.2) is 0 Å². The van der Waals surface area contributed by atoms with E-state index in [1.165, 1.54) is 12.1 Å². The summed E-state index contributed by atoms with van der Waals surface area (Å²) in [6.07, 6.45) is 0. The van der Waals surface area contributed by atoms with Crippen LogP contribution in [0.3, 0.4) is 0 Å². The maximum absolute atomic E-state index is 12.0. The minimum atomic E-state index is -0.328. The third-order valence-electron chi connectivity index (χ3n) is 3.57. The molecule has 122 valence electrons. The normalized spacial score (nSPS) is 10.3. The van der Waals surface area contributed by atoms with E-state index in [1.807, 2.05) is 39.0 Å². The highest BCUT2D eigenvalue weighted by molar-refractivity contribution is 5.93. The molecule has 0 atom stereocenters. The van der Waals surface area contributed by atoms with Crippen LogP contribution < -0.4 is 15.3 Å². The van der Waals surface area contributed by atoms with E-state index >= 15 is 0 Å². The number of ether oxygens (including phenoxy) is 1. The van der Waals surface area contributed by atoms with Gasteiger partial charge in [0.05, 0.1) is 5.69 Å². The number of hydrogen-bond acceptors (Lipinski definition) is 5. The predicted octanol–water partition coefficient (Wildman–Crippen LogP) is 3.21. The molecule has 0 saturated carbocycles. The SMILES string of the molecule is Cc1ccc(OCC(=O)Nc2cc(N(O)O)ccc2C)cc1C. The van der Waals surface area contributed by atoms with Crippen molar-refractivity contribution in [3.05, 3.63) is 53.1 Å². The summed E-state index contributed by atoms with van der Waals surface area (Å²) in [5.74, 6) is 0.302. The number of carbonyl (C=O) groups excluding carboxylic acids is 1. The van der Waals surface area contributed by atoms with Crippen LogP contribution in [-0.2, 0) is 4.79 Å². The van der Waals surface area contributed by atoms with Crippen molar-refractivity contribution in [2.75, 3.05) is 17.2 Å². The lowest BCUT2D eigenvalue weighted by Crippen LogP contribution is -2.21. The number of benzene rings is 2. The summed E-state index contributed by atoms with van der Waals surface area (Å²) < 4.78 is 5.47. The zero-order valence-electron chi connectivity index (χ0n) is 13.3. The standard InChI is InChI=1S/C17H20N2O4/c1-11-5-7-15(8-13(11)3)23-10-17(20)18-16-9-14(19(21)22)6-4-12(16)2/h4-9,21-22H,10H2,1-3H3,(H,18,20). The summed E-state index contributed by atoms with van der Waals surface area (Å²) >= 11 is 0. The first-order valence-corrected chi connectivity index (χ1v) is 7.15. The fourth-order valence-electron chi connectivity index (χ4n) is 2.01. The lowest BCUT2D eigenvalue weighted by Gasteiger charge is -2.13. The molecule has 0 aromatic heterocycles. The number of nitrogens with one attached hydrogen (secondary N) is 1. The van der Waals surface area contributed by atoms with Crippen LogP contribution in [0.5, 0.6) is 5.75 Å². The third-order valence-corrected chi connectivity index (χ3v) is 3.57. The van der Waals surface area contributed by atoms with Crippen LogP contribution in [0.2, 0.25) is 0 Å². The molecule has 0 unspecified atom stereocenters. The Morgan fingerprint density at radius 3 is 2.39 bits per heavy atom. The molecule has 0 aliphatic carbocycles. The number of nitrogens with zero attached hydrogens (tertiary/aromatic N) is 1. The Bertz CT molecular complexity index is 714. The highest BCUT2D eigenvalue weighted by Crippen LogP contribution is 2.22. The molecule has 6 heteroatoms. The zero-order chi connectivity index (χ0) is 17.0. The first-order chi connectivity index (χ1) is 10.9. The predicted molar refractivity (Wildman–Crippen MR) is 87.3 cm³/mol. The van der Waals surface area contributed by atoms with E-state index in [1.54, 1.807) is 6.07 Å². The molecule has 3 N–H and O–H groups in total. The summed E-state index contributed by atoms with van der Waals surface area (Å²) in [5.41, 5.74) is 3.70. The first-order valence-electron chi connectivity index (χ1n) is 7.15. The molecule has 6 nitrogen and oxygen atoms in total. The van der Waals surface area contributed by atoms with Crippen molar-refractivity contribution in [1.82, 2.24) is 0 Å². The van der Waals surface area contributed by atoms with Gasteiger partial charge >= 0.3 is 0 Å². The molecule has 1 amide bonds. The first kappa shape index (κ1) is 16.8. The van der Waals surface area contributed by atoms with Gasteiger partial charge < -0.3 is 10.1 Å². The van der Waals surface area contributed by atoms with Crippen LogP contribution in [0.15, 0.2) is 36.4 Å². The molecule has 0 bridgehead atoms. The molecule has 0 aliphatic heterocycles. The van der Waals surface area contributed by atoms with E-state index in [0.717, 1.165) is 16.7 Å². The van der Waals surface area contributed by atoms with Crippen molar-refractivity contribution in [3.63, 3.8) is 0 Å². The van der Waals surface area contributed by atoms with Crippen molar-refractivity contribution in [2.45, 2.75) is 20.8 Å². The van der Waals surface area contributed by atoms with Gasteiger partial charge in [0.2, 0.25) is 0 Å². The monoisotopic (exact) mass is 316 g/mol. The number of amides is 1. The summed E-state index contributed by atoms with van der Waals surface area (Å²) in [6, 6.07) is 10.3. The molecule has 0 aliphatic rings. The largest absolute Gasteiger partial charge is 0.484 e. The minimum absolute atomic E-state index is 0.000670. The highest BCUT2D eigenvalue weighted by Gasteiger charge is 2.09. The Kier molecular flexibility index (Phi) is 5.20. The average Bonchev–Trinajstić information content (AvgIpc) is 2.50. The highest BCUT2D eigenvalue weighted by atomic mass is 16.8. The van der Waals surface area contributed by atoms with Crippen LogP contribution in [0.25, 0.3) is 0 Å². The molecule has 0 radical (unpaired) electrons. The number of carbonyl (C=O) groups is 1. The molecule has 2 aromatic rings. The van der Waals surface area contributed by atoms with Crippen LogP contribution in [0.1, 0.15) is 16.7 Å². The fourth-order valence-corrected chi connectivity index (χ4v) is 2.01. The van der Waals surface area contributed by atoms with E-state index in [2.05, 4.69) is 5.32 Å². The molecule has 0 saturated heterocycles. The Hall–Kier alpha value is -2.57. The van der Waals surface area contributed by atoms with Crippen LogP contribution in [0.4, 0.5) is 11.4 Å². The lowest BCUT2D eigenvalue weighted by molar-refractivity contribution is -0.118. The average molecular weight is 316 g/mol. The topological polar surface area (TPSA) is 82.0 Å². The Balaban J connectivity index is 1.99. The Labute approximate surface area is 134 Å². The van der Waals surface area contributed by atoms with E-state index in [9.17, 15) is 4.79 Å². The van der Waals surface area contributed by atoms with E-state index in [-0.39, 0.29) is 23.4 Å². The van der Waals surface area contributed by atoms with Crippen LogP contribution >= 0.6 is 0 Å². The second kappa shape index (κ2) is 7.13. The Morgan fingerprint density at radius 2 is 1.74 bits per heavy atom. The summed E-state index contributed by atoms with van der Waals surface area (Å²) in [4.78, 5) is 12.0. The lowest BCUT2D eigenvalue weighted by atomic mass is 10.1. The van der Waals surface area contributed by atoms with Crippen LogP contribution in [0, 0.1) is 20.8 Å². The maximum atomic E-state index is 12.0. The fraction of sp³-hybridized carbons (Fsp3) is 0.235. The molecule has 0 spiro atoms. The number of rotatable bonds is 5. The maximum Gasteiger partial charge on any atom is 0.262 e. The molecule has 0 fully saturated rings. The molecule has 2 rings (SSSR count). The van der Waals surface area contributed by atoms with Gasteiger partial charge in [-0.05, 0) is 61.7 Å². The number of anilines is 2. The number of aryl methyl sites for hydroxylation is 3. The van der Waals surface area contributed by atoms with Crippen molar-refractivity contribution in [3.8, 4) is 5.75 Å². The van der Waals surface area contributed by atoms with E-state index in [0.29, 0.717) is 11.4 Å². The quantitative estimate of drug-likeness (QED) is 0.738. The number of hydrogen-bond donors (Lipinski definition) is 3. The van der Waals surface area contributed by atoms with Crippen LogP contribution in [-0.4, -0.2) is 22.9 Å². The van der Waals surface area contributed by atoms with E-state index < -0.39 is 0 Å². The van der Waals surface area contributed by atoms with Crippen molar-refractivity contribution in [2.24, 2.45) is 0 Å².